The van der Waals surface area contributed by atoms with Crippen molar-refractivity contribution in [2.45, 2.75) is 25.5 Å². The van der Waals surface area contributed by atoms with Gasteiger partial charge in [-0.1, -0.05) is 0 Å². The maximum Gasteiger partial charge on any atom is 0.317 e. The Morgan fingerprint density at radius 1 is 1.32 bits per heavy atom. The maximum absolute atomic E-state index is 12.5. The van der Waals surface area contributed by atoms with Gasteiger partial charge in [0.25, 0.3) is 0 Å². The third-order valence-corrected chi connectivity index (χ3v) is 4.47. The van der Waals surface area contributed by atoms with Gasteiger partial charge in [0, 0.05) is 32.6 Å². The molecule has 0 unspecified atom stereocenters. The number of nitrogens with zero attached hydrogens (tertiary/aromatic N) is 3. The molecule has 124 valence electrons. The van der Waals surface area contributed by atoms with Gasteiger partial charge < -0.3 is 20.0 Å². The molecule has 0 aromatic heterocycles. The number of aliphatic hydroxyl groups excluding tert-OH is 1. The Balaban J connectivity index is 1.95. The van der Waals surface area contributed by atoms with Gasteiger partial charge in [-0.2, -0.15) is 0 Å². The highest BCUT2D eigenvalue weighted by Crippen LogP contribution is 2.23. The van der Waals surface area contributed by atoms with Crippen molar-refractivity contribution in [3.8, 4) is 0 Å². The van der Waals surface area contributed by atoms with Gasteiger partial charge in [0.1, 0.15) is 0 Å². The normalized spacial score (nSPS) is 28.7. The fourth-order valence-electron chi connectivity index (χ4n) is 3.21. The van der Waals surface area contributed by atoms with Crippen molar-refractivity contribution in [3.05, 3.63) is 0 Å². The summed E-state index contributed by atoms with van der Waals surface area (Å²) in [4.78, 5) is 39.7. The molecule has 2 amide bonds. The summed E-state index contributed by atoms with van der Waals surface area (Å²) in [7, 11) is 1.62. The number of rotatable bonds is 5. The molecule has 8 heteroatoms. The number of likely N-dealkylation sites (tertiary alicyclic amines) is 2. The van der Waals surface area contributed by atoms with Crippen molar-refractivity contribution in [1.82, 2.24) is 14.7 Å². The van der Waals surface area contributed by atoms with E-state index >= 15 is 0 Å². The first-order valence-corrected chi connectivity index (χ1v) is 7.50. The number of likely N-dealkylation sites (N-methyl/N-ethyl adjacent to an activating group) is 1. The van der Waals surface area contributed by atoms with Crippen molar-refractivity contribution in [2.75, 3.05) is 39.8 Å². The monoisotopic (exact) mass is 313 g/mol. The predicted molar refractivity (Wildman–Crippen MR) is 77.0 cm³/mol. The Morgan fingerprint density at radius 3 is 2.55 bits per heavy atom. The lowest BCUT2D eigenvalue weighted by molar-refractivity contribution is -0.138. The molecule has 0 saturated carbocycles. The summed E-state index contributed by atoms with van der Waals surface area (Å²) < 4.78 is 0. The van der Waals surface area contributed by atoms with Gasteiger partial charge in [-0.3, -0.25) is 19.3 Å². The second-order valence-corrected chi connectivity index (χ2v) is 6.02. The van der Waals surface area contributed by atoms with Crippen LogP contribution >= 0.6 is 0 Å². The number of carbonyl (C=O) groups is 3. The fourth-order valence-corrected chi connectivity index (χ4v) is 3.21. The van der Waals surface area contributed by atoms with E-state index in [1.165, 1.54) is 0 Å². The summed E-state index contributed by atoms with van der Waals surface area (Å²) in [6, 6.07) is -0.389. The Kier molecular flexibility index (Phi) is 5.02. The minimum Gasteiger partial charge on any atom is -0.480 e. The molecule has 3 atom stereocenters. The highest BCUT2D eigenvalue weighted by molar-refractivity contribution is 5.89. The van der Waals surface area contributed by atoms with Crippen LogP contribution in [-0.4, -0.2) is 94.6 Å². The van der Waals surface area contributed by atoms with Gasteiger partial charge >= 0.3 is 5.97 Å². The second-order valence-electron chi connectivity index (χ2n) is 6.02. The smallest absolute Gasteiger partial charge is 0.317 e. The van der Waals surface area contributed by atoms with Crippen LogP contribution in [0.2, 0.25) is 0 Å². The zero-order valence-electron chi connectivity index (χ0n) is 12.9. The summed E-state index contributed by atoms with van der Waals surface area (Å²) in [6.45, 7) is 3.19. The zero-order chi connectivity index (χ0) is 16.4. The zero-order valence-corrected chi connectivity index (χ0v) is 12.9. The van der Waals surface area contributed by atoms with Crippen molar-refractivity contribution in [2.24, 2.45) is 5.92 Å². The summed E-state index contributed by atoms with van der Waals surface area (Å²) >= 11 is 0. The summed E-state index contributed by atoms with van der Waals surface area (Å²) in [5, 5.41) is 18.9. The van der Waals surface area contributed by atoms with Crippen LogP contribution < -0.4 is 0 Å². The number of hydrogen-bond acceptors (Lipinski definition) is 5. The molecule has 0 aliphatic carbocycles. The van der Waals surface area contributed by atoms with E-state index in [1.54, 1.807) is 21.7 Å². The molecule has 2 N–H and O–H groups in total. The third kappa shape index (κ3) is 3.38. The van der Waals surface area contributed by atoms with E-state index in [0.717, 1.165) is 0 Å². The molecule has 2 saturated heterocycles. The van der Waals surface area contributed by atoms with Crippen molar-refractivity contribution < 1.29 is 24.6 Å². The Hall–Kier alpha value is -1.67. The molecule has 22 heavy (non-hydrogen) atoms. The fraction of sp³-hybridized carbons (Fsp3) is 0.786. The molecule has 2 aliphatic rings. The first-order chi connectivity index (χ1) is 10.3. The van der Waals surface area contributed by atoms with E-state index in [1.807, 2.05) is 6.92 Å². The lowest BCUT2D eigenvalue weighted by Gasteiger charge is -2.25. The Bertz CT molecular complexity index is 469. The minimum absolute atomic E-state index is 0.0138. The Labute approximate surface area is 129 Å². The van der Waals surface area contributed by atoms with Crippen LogP contribution in [0.4, 0.5) is 0 Å². The first kappa shape index (κ1) is 16.7. The largest absolute Gasteiger partial charge is 0.480 e. The quantitative estimate of drug-likeness (QED) is 0.637. The second kappa shape index (κ2) is 6.62. The number of hydrogen-bond donors (Lipinski definition) is 2. The van der Waals surface area contributed by atoms with Crippen LogP contribution in [0.15, 0.2) is 0 Å². The number of carbonyl (C=O) groups excluding carboxylic acids is 2. The van der Waals surface area contributed by atoms with Gasteiger partial charge in [0.15, 0.2) is 0 Å². The molecule has 0 aromatic rings. The van der Waals surface area contributed by atoms with Crippen LogP contribution in [0.25, 0.3) is 0 Å². The number of carboxylic acid groups (broad SMARTS) is 1. The number of amides is 2. The van der Waals surface area contributed by atoms with Crippen LogP contribution in [-0.2, 0) is 14.4 Å². The number of aliphatic carboxylic acids is 1. The molecule has 0 bridgehead atoms. The van der Waals surface area contributed by atoms with E-state index in [2.05, 4.69) is 0 Å². The Morgan fingerprint density at radius 2 is 2.00 bits per heavy atom. The molecule has 8 nitrogen and oxygen atoms in total. The molecule has 2 fully saturated rings. The SMILES string of the molecule is CCN1C[C@@H](C(=O)N2C[C@@H](O)[C@@H](N(C)CC(=O)O)C2)CC1=O. The third-order valence-electron chi connectivity index (χ3n) is 4.47. The van der Waals surface area contributed by atoms with E-state index in [0.29, 0.717) is 19.6 Å². The summed E-state index contributed by atoms with van der Waals surface area (Å²) in [5.41, 5.74) is 0. The molecule has 2 rings (SSSR count). The lowest BCUT2D eigenvalue weighted by Crippen LogP contribution is -2.43. The van der Waals surface area contributed by atoms with E-state index < -0.39 is 12.1 Å². The molecule has 0 radical (unpaired) electrons. The van der Waals surface area contributed by atoms with E-state index in [-0.39, 0.29) is 43.3 Å². The average Bonchev–Trinajstić information content (AvgIpc) is 3.00. The molecular formula is C14H23N3O5. The number of β-amino-alcohol motifs (C(OH)–C–C–N with tert-alkyl or cyclic N) is 1. The molecule has 0 spiro atoms. The lowest BCUT2D eigenvalue weighted by atomic mass is 10.1. The number of carboxylic acids is 1. The van der Waals surface area contributed by atoms with Gasteiger partial charge in [-0.05, 0) is 14.0 Å². The van der Waals surface area contributed by atoms with Crippen molar-refractivity contribution in [3.63, 3.8) is 0 Å². The van der Waals surface area contributed by atoms with Gasteiger partial charge in [-0.25, -0.2) is 0 Å². The minimum atomic E-state index is -0.973. The summed E-state index contributed by atoms with van der Waals surface area (Å²) in [5.74, 6) is -1.47. The van der Waals surface area contributed by atoms with Crippen molar-refractivity contribution in [1.29, 1.82) is 0 Å². The molecular weight excluding hydrogens is 290 g/mol. The van der Waals surface area contributed by atoms with Gasteiger partial charge in [-0.15, -0.1) is 0 Å². The standard InChI is InChI=1S/C14H23N3O5/c1-3-16-5-9(4-12(16)19)14(22)17-6-10(11(18)7-17)15(2)8-13(20)21/h9-11,18H,3-8H2,1-2H3,(H,20,21)/t9-,10-,11+/m0/s1. The first-order valence-electron chi connectivity index (χ1n) is 7.50. The topological polar surface area (TPSA) is 101 Å². The maximum atomic E-state index is 12.5. The van der Waals surface area contributed by atoms with E-state index in [9.17, 15) is 19.5 Å². The highest BCUT2D eigenvalue weighted by atomic mass is 16.4. The molecule has 2 heterocycles. The van der Waals surface area contributed by atoms with E-state index in [4.69, 9.17) is 5.11 Å². The predicted octanol–water partition coefficient (Wildman–Crippen LogP) is -1.56. The van der Waals surface area contributed by atoms with Crippen molar-refractivity contribution >= 4 is 17.8 Å². The summed E-state index contributed by atoms with van der Waals surface area (Å²) in [6.07, 6.45) is -0.554. The average molecular weight is 313 g/mol. The van der Waals surface area contributed by atoms with Gasteiger partial charge in [0.05, 0.1) is 24.6 Å². The van der Waals surface area contributed by atoms with Gasteiger partial charge in [0.2, 0.25) is 11.8 Å². The van der Waals surface area contributed by atoms with Crippen LogP contribution in [0.5, 0.6) is 0 Å². The van der Waals surface area contributed by atoms with Crippen LogP contribution in [0.1, 0.15) is 13.3 Å². The number of aliphatic hydroxyl groups is 1. The van der Waals surface area contributed by atoms with Crippen LogP contribution in [0, 0.1) is 5.92 Å². The molecule has 0 aromatic carbocycles. The highest BCUT2D eigenvalue weighted by Gasteiger charge is 2.41. The van der Waals surface area contributed by atoms with Crippen LogP contribution in [0.3, 0.4) is 0 Å². The molecule has 2 aliphatic heterocycles.